The minimum absolute atomic E-state index is 0.301. The topological polar surface area (TPSA) is 40.5 Å². The van der Waals surface area contributed by atoms with Crippen LogP contribution in [0.5, 0.6) is 0 Å². The third-order valence-electron chi connectivity index (χ3n) is 2.07. The van der Waals surface area contributed by atoms with Crippen molar-refractivity contribution in [3.63, 3.8) is 0 Å². The molecule has 11 heteroatoms. The van der Waals surface area contributed by atoms with Gasteiger partial charge in [0.15, 0.2) is 0 Å². The van der Waals surface area contributed by atoms with Gasteiger partial charge in [0.2, 0.25) is 0 Å². The summed E-state index contributed by atoms with van der Waals surface area (Å²) >= 11 is 34.2. The quantitative estimate of drug-likeness (QED) is 0.453. The summed E-state index contributed by atoms with van der Waals surface area (Å²) in [6, 6.07) is -3.84. The van der Waals surface area contributed by atoms with Gasteiger partial charge in [0.05, 0.1) is 0 Å². The van der Waals surface area contributed by atoms with Crippen LogP contribution in [0.25, 0.3) is 0 Å². The predicted octanol–water partition coefficient (Wildman–Crippen LogP) is 4.50. The molecule has 104 valence electrons. The molecule has 0 aromatic heterocycles. The molecule has 2 nitrogen and oxygen atoms in total. The Labute approximate surface area is 133 Å². The van der Waals surface area contributed by atoms with E-state index in [0.29, 0.717) is 37.0 Å². The lowest BCUT2D eigenvalue weighted by atomic mass is 10.6. The van der Waals surface area contributed by atoms with Crippen LogP contribution in [-0.2, 0) is 0 Å². The Morgan fingerprint density at radius 2 is 0.882 bits per heavy atom. The first-order chi connectivity index (χ1) is 7.41. The summed E-state index contributed by atoms with van der Waals surface area (Å²) in [4.78, 5) is 19.5. The van der Waals surface area contributed by atoms with Crippen LogP contribution in [0.1, 0.15) is 12.8 Å². The van der Waals surface area contributed by atoms with E-state index in [0.717, 1.165) is 0 Å². The lowest BCUT2D eigenvalue weighted by Gasteiger charge is -2.19. The summed E-state index contributed by atoms with van der Waals surface area (Å²) in [6.07, 6.45) is 1.04. The van der Waals surface area contributed by atoms with Gasteiger partial charge in [-0.15, -0.1) is 66.5 Å². The monoisotopic (exact) mass is 412 g/mol. The maximum absolute atomic E-state index is 9.77. The Bertz CT molecular complexity index is 207. The molecule has 0 saturated heterocycles. The zero-order chi connectivity index (χ0) is 13.7. The van der Waals surface area contributed by atoms with Gasteiger partial charge in [-0.3, -0.25) is 0 Å². The highest BCUT2D eigenvalue weighted by atomic mass is 35.8. The van der Waals surface area contributed by atoms with Crippen LogP contribution in [0.15, 0.2) is 0 Å². The van der Waals surface area contributed by atoms with E-state index in [4.69, 9.17) is 66.5 Å². The summed E-state index contributed by atoms with van der Waals surface area (Å²) in [7, 11) is -3.21. The maximum atomic E-state index is 9.77. The SMILES string of the molecule is O[Si](O)(CCC[Si](Cl)(Cl)Cl)CCC[Si](Cl)(Cl)Cl. The highest BCUT2D eigenvalue weighted by Gasteiger charge is 2.33. The van der Waals surface area contributed by atoms with Gasteiger partial charge in [-0.05, 0) is 24.2 Å². The molecule has 2 N–H and O–H groups in total. The largest absolute Gasteiger partial charge is 0.411 e. The van der Waals surface area contributed by atoms with Crippen LogP contribution < -0.4 is 0 Å². The summed E-state index contributed by atoms with van der Waals surface area (Å²) in [5.41, 5.74) is 0. The van der Waals surface area contributed by atoms with Gasteiger partial charge in [0.1, 0.15) is 0 Å². The second kappa shape index (κ2) is 7.93. The van der Waals surface area contributed by atoms with E-state index in [-0.39, 0.29) is 0 Å². The van der Waals surface area contributed by atoms with Gasteiger partial charge in [0, 0.05) is 0 Å². The molecule has 0 aromatic carbocycles. The first kappa shape index (κ1) is 19.3. The summed E-state index contributed by atoms with van der Waals surface area (Å²) in [6.45, 7) is 0. The van der Waals surface area contributed by atoms with Crippen LogP contribution in [0, 0.1) is 0 Å². The van der Waals surface area contributed by atoms with E-state index in [1.165, 1.54) is 0 Å². The maximum Gasteiger partial charge on any atom is 0.341 e. The smallest absolute Gasteiger partial charge is 0.341 e. The van der Waals surface area contributed by atoms with Crippen LogP contribution in [0.4, 0.5) is 0 Å². The molecule has 0 amide bonds. The third kappa shape index (κ3) is 14.5. The Hall–Kier alpha value is 2.31. The molecule has 0 aliphatic carbocycles. The van der Waals surface area contributed by atoms with Crippen molar-refractivity contribution in [2.75, 3.05) is 0 Å². The van der Waals surface area contributed by atoms with Gasteiger partial charge >= 0.3 is 20.6 Å². The number of halogens is 6. The molecule has 0 aromatic rings. The summed E-state index contributed by atoms with van der Waals surface area (Å²) in [5.74, 6) is 0. The Balaban J connectivity index is 3.81. The molecule has 0 unspecified atom stereocenters. The van der Waals surface area contributed by atoms with Gasteiger partial charge < -0.3 is 9.59 Å². The van der Waals surface area contributed by atoms with E-state index < -0.39 is 20.6 Å². The average Bonchev–Trinajstić information content (AvgIpc) is 1.96. The van der Waals surface area contributed by atoms with Crippen molar-refractivity contribution in [2.45, 2.75) is 37.0 Å². The molecule has 0 atom stereocenters. The third-order valence-corrected chi connectivity index (χ3v) is 9.63. The molecule has 17 heavy (non-hydrogen) atoms. The van der Waals surface area contributed by atoms with E-state index in [2.05, 4.69) is 0 Å². The van der Waals surface area contributed by atoms with Crippen molar-refractivity contribution in [1.82, 2.24) is 0 Å². The van der Waals surface area contributed by atoms with Crippen LogP contribution in [0.2, 0.25) is 24.2 Å². The molecule has 0 bridgehead atoms. The van der Waals surface area contributed by atoms with Crippen LogP contribution >= 0.6 is 66.5 Å². The molecular formula is C6H14Cl6O2Si3. The van der Waals surface area contributed by atoms with Crippen molar-refractivity contribution in [2.24, 2.45) is 0 Å². The van der Waals surface area contributed by atoms with E-state index >= 15 is 0 Å². The van der Waals surface area contributed by atoms with Gasteiger partial charge in [-0.2, -0.15) is 0 Å². The zero-order valence-electron chi connectivity index (χ0n) is 8.90. The Morgan fingerprint density at radius 1 is 0.588 bits per heavy atom. The van der Waals surface area contributed by atoms with E-state index in [9.17, 15) is 9.59 Å². The van der Waals surface area contributed by atoms with Crippen LogP contribution in [-0.4, -0.2) is 30.2 Å². The fourth-order valence-corrected chi connectivity index (χ4v) is 7.27. The lowest BCUT2D eigenvalue weighted by Crippen LogP contribution is -2.34. The van der Waals surface area contributed by atoms with Crippen molar-refractivity contribution >= 4 is 87.0 Å². The molecule has 0 spiro atoms. The standard InChI is InChI=1S/C6H14Cl6O2Si3/c7-16(8,9)5-1-3-15(13,14)4-2-6-17(10,11)12/h13-14H,1-6H2. The van der Waals surface area contributed by atoms with Gasteiger partial charge in [-0.25, -0.2) is 0 Å². The zero-order valence-corrected chi connectivity index (χ0v) is 16.4. The predicted molar refractivity (Wildman–Crippen MR) is 85.3 cm³/mol. The van der Waals surface area contributed by atoms with Crippen molar-refractivity contribution in [1.29, 1.82) is 0 Å². The molecule has 0 rings (SSSR count). The first-order valence-corrected chi connectivity index (χ1v) is 17.8. The molecule has 0 aliphatic heterocycles. The molecule has 0 fully saturated rings. The second-order valence-corrected chi connectivity index (χ2v) is 25.4. The van der Waals surface area contributed by atoms with Gasteiger partial charge in [-0.1, -0.05) is 12.8 Å². The van der Waals surface area contributed by atoms with Crippen molar-refractivity contribution in [3.8, 4) is 0 Å². The first-order valence-electron chi connectivity index (χ1n) is 5.00. The highest BCUT2D eigenvalue weighted by molar-refractivity contribution is 7.65. The number of hydrogen-bond acceptors (Lipinski definition) is 2. The average molecular weight is 415 g/mol. The second-order valence-electron chi connectivity index (χ2n) is 3.92. The molecular weight excluding hydrogens is 401 g/mol. The van der Waals surface area contributed by atoms with Crippen molar-refractivity contribution < 1.29 is 9.59 Å². The fourth-order valence-electron chi connectivity index (χ4n) is 1.27. The Morgan fingerprint density at radius 3 is 1.12 bits per heavy atom. The fraction of sp³-hybridized carbons (Fsp3) is 1.00. The van der Waals surface area contributed by atoms with E-state index in [1.807, 2.05) is 0 Å². The van der Waals surface area contributed by atoms with Crippen molar-refractivity contribution in [3.05, 3.63) is 0 Å². The molecule has 0 radical (unpaired) electrons. The Kier molecular flexibility index (Phi) is 9.00. The minimum Gasteiger partial charge on any atom is -0.411 e. The lowest BCUT2D eigenvalue weighted by molar-refractivity contribution is 0.355. The summed E-state index contributed by atoms with van der Waals surface area (Å²) < 4.78 is 0. The van der Waals surface area contributed by atoms with Crippen LogP contribution in [0.3, 0.4) is 0 Å². The molecule has 0 aliphatic rings. The minimum atomic E-state index is -3.21. The van der Waals surface area contributed by atoms with E-state index in [1.54, 1.807) is 0 Å². The summed E-state index contributed by atoms with van der Waals surface area (Å²) in [5, 5.41) is 0. The highest BCUT2D eigenvalue weighted by Crippen LogP contribution is 2.31. The number of hydrogen-bond donors (Lipinski definition) is 2. The number of rotatable bonds is 8. The normalized spacial score (nSPS) is 14.1. The molecule has 0 heterocycles. The molecule has 0 saturated carbocycles. The van der Waals surface area contributed by atoms with Gasteiger partial charge in [0.25, 0.3) is 0 Å².